The van der Waals surface area contributed by atoms with E-state index in [2.05, 4.69) is 26.5 Å². The van der Waals surface area contributed by atoms with Gasteiger partial charge in [-0.05, 0) is 44.2 Å². The van der Waals surface area contributed by atoms with Crippen LogP contribution < -0.4 is 10.2 Å². The van der Waals surface area contributed by atoms with Crippen LogP contribution in [0.15, 0.2) is 44.3 Å². The van der Waals surface area contributed by atoms with Crippen LogP contribution in [0.5, 0.6) is 5.75 Å². The minimum atomic E-state index is -0.327. The van der Waals surface area contributed by atoms with Crippen molar-refractivity contribution in [2.45, 2.75) is 13.8 Å². The lowest BCUT2D eigenvalue weighted by atomic mass is 10.3. The average molecular weight is 351 g/mol. The number of halogens is 1. The first-order chi connectivity index (χ1) is 10.0. The summed E-state index contributed by atoms with van der Waals surface area (Å²) in [6.07, 6.45) is 1.55. The maximum absolute atomic E-state index is 11.6. The Labute approximate surface area is 131 Å². The van der Waals surface area contributed by atoms with Gasteiger partial charge in [0.1, 0.15) is 17.3 Å². The summed E-state index contributed by atoms with van der Waals surface area (Å²) in [4.78, 5) is 11.6. The quantitative estimate of drug-likeness (QED) is 0.665. The Hall–Kier alpha value is -2.08. The Morgan fingerprint density at radius 2 is 2.10 bits per heavy atom. The summed E-state index contributed by atoms with van der Waals surface area (Å²) in [6.45, 7) is 3.60. The molecule has 0 saturated heterocycles. The third-order valence-corrected chi connectivity index (χ3v) is 3.18. The van der Waals surface area contributed by atoms with Gasteiger partial charge >= 0.3 is 0 Å². The standard InChI is InChI=1S/C15H15BrN2O3/c1-10-7-12(11(2)21-10)8-17-18-15(19)9-20-14-5-3-13(16)4-6-14/h3-8H,9H2,1-2H3,(H,18,19)/b17-8+. The monoisotopic (exact) mass is 350 g/mol. The van der Waals surface area contributed by atoms with Gasteiger partial charge in [0.05, 0.1) is 6.21 Å². The molecule has 2 aromatic rings. The van der Waals surface area contributed by atoms with E-state index in [1.165, 1.54) is 0 Å². The molecule has 0 radical (unpaired) electrons. The molecule has 0 bridgehead atoms. The molecule has 1 aromatic carbocycles. The number of carbonyl (C=O) groups is 1. The Morgan fingerprint density at radius 1 is 1.38 bits per heavy atom. The zero-order chi connectivity index (χ0) is 15.2. The van der Waals surface area contributed by atoms with Crippen molar-refractivity contribution in [3.63, 3.8) is 0 Å². The predicted molar refractivity (Wildman–Crippen MR) is 83.6 cm³/mol. The van der Waals surface area contributed by atoms with Gasteiger partial charge in [0.2, 0.25) is 0 Å². The second-order valence-electron chi connectivity index (χ2n) is 4.40. The van der Waals surface area contributed by atoms with Crippen molar-refractivity contribution in [1.29, 1.82) is 0 Å². The van der Waals surface area contributed by atoms with Crippen LogP contribution in [0.4, 0.5) is 0 Å². The van der Waals surface area contributed by atoms with E-state index in [0.717, 1.165) is 21.6 Å². The Bertz CT molecular complexity index is 647. The van der Waals surface area contributed by atoms with E-state index in [-0.39, 0.29) is 12.5 Å². The number of ether oxygens (including phenoxy) is 1. The van der Waals surface area contributed by atoms with Crippen molar-refractivity contribution in [3.05, 3.63) is 51.9 Å². The van der Waals surface area contributed by atoms with Crippen LogP contribution in [-0.4, -0.2) is 18.7 Å². The lowest BCUT2D eigenvalue weighted by Gasteiger charge is -2.04. The highest BCUT2D eigenvalue weighted by molar-refractivity contribution is 9.10. The molecule has 21 heavy (non-hydrogen) atoms. The van der Waals surface area contributed by atoms with E-state index in [0.29, 0.717) is 5.75 Å². The SMILES string of the molecule is Cc1cc(/C=N/NC(=O)COc2ccc(Br)cc2)c(C)o1. The zero-order valence-electron chi connectivity index (χ0n) is 11.7. The fourth-order valence-corrected chi connectivity index (χ4v) is 1.93. The molecule has 0 fully saturated rings. The van der Waals surface area contributed by atoms with Crippen molar-refractivity contribution in [3.8, 4) is 5.75 Å². The predicted octanol–water partition coefficient (Wildman–Crippen LogP) is 3.19. The molecule has 0 unspecified atom stereocenters. The maximum Gasteiger partial charge on any atom is 0.277 e. The van der Waals surface area contributed by atoms with Crippen LogP contribution in [0.2, 0.25) is 0 Å². The van der Waals surface area contributed by atoms with E-state index in [1.807, 2.05) is 32.0 Å². The largest absolute Gasteiger partial charge is 0.484 e. The van der Waals surface area contributed by atoms with E-state index in [4.69, 9.17) is 9.15 Å². The van der Waals surface area contributed by atoms with E-state index in [1.54, 1.807) is 18.3 Å². The highest BCUT2D eigenvalue weighted by Gasteiger charge is 2.03. The number of hydrogen-bond donors (Lipinski definition) is 1. The van der Waals surface area contributed by atoms with Crippen molar-refractivity contribution >= 4 is 28.1 Å². The molecule has 0 aliphatic carbocycles. The number of carbonyl (C=O) groups excluding carboxylic acids is 1. The summed E-state index contributed by atoms with van der Waals surface area (Å²) in [7, 11) is 0. The summed E-state index contributed by atoms with van der Waals surface area (Å²) in [6, 6.07) is 9.09. The van der Waals surface area contributed by atoms with Gasteiger partial charge < -0.3 is 9.15 Å². The molecule has 0 spiro atoms. The zero-order valence-corrected chi connectivity index (χ0v) is 13.3. The molecule has 6 heteroatoms. The first-order valence-electron chi connectivity index (χ1n) is 6.32. The third-order valence-electron chi connectivity index (χ3n) is 2.66. The van der Waals surface area contributed by atoms with E-state index >= 15 is 0 Å². The second-order valence-corrected chi connectivity index (χ2v) is 5.32. The molecule has 0 aliphatic heterocycles. The molecule has 2 rings (SSSR count). The number of furan rings is 1. The number of nitrogens with zero attached hydrogens (tertiary/aromatic N) is 1. The fourth-order valence-electron chi connectivity index (χ4n) is 1.66. The summed E-state index contributed by atoms with van der Waals surface area (Å²) in [5, 5.41) is 3.87. The molecule has 0 atom stereocenters. The molecule has 110 valence electrons. The van der Waals surface area contributed by atoms with Gasteiger partial charge in [0.15, 0.2) is 6.61 Å². The van der Waals surface area contributed by atoms with Gasteiger partial charge in [-0.2, -0.15) is 5.10 Å². The third kappa shape index (κ3) is 4.75. The van der Waals surface area contributed by atoms with Crippen molar-refractivity contribution in [2.24, 2.45) is 5.10 Å². The molecule has 1 N–H and O–H groups in total. The smallest absolute Gasteiger partial charge is 0.277 e. The number of aryl methyl sites for hydroxylation is 2. The normalized spacial score (nSPS) is 10.8. The highest BCUT2D eigenvalue weighted by Crippen LogP contribution is 2.15. The molecular formula is C15H15BrN2O3. The molecule has 0 aliphatic rings. The van der Waals surface area contributed by atoms with Crippen molar-refractivity contribution in [2.75, 3.05) is 6.61 Å². The average Bonchev–Trinajstić information content (AvgIpc) is 2.76. The Morgan fingerprint density at radius 3 is 2.71 bits per heavy atom. The fraction of sp³-hybridized carbons (Fsp3) is 0.200. The number of hydrazone groups is 1. The molecular weight excluding hydrogens is 336 g/mol. The van der Waals surface area contributed by atoms with Gasteiger partial charge in [-0.15, -0.1) is 0 Å². The van der Waals surface area contributed by atoms with E-state index in [9.17, 15) is 4.79 Å². The van der Waals surface area contributed by atoms with Gasteiger partial charge in [0, 0.05) is 10.0 Å². The van der Waals surface area contributed by atoms with Gasteiger partial charge in [-0.25, -0.2) is 5.43 Å². The van der Waals surface area contributed by atoms with Gasteiger partial charge in [0.25, 0.3) is 5.91 Å². The summed E-state index contributed by atoms with van der Waals surface area (Å²) in [5.74, 6) is 1.86. The van der Waals surface area contributed by atoms with Crippen molar-refractivity contribution < 1.29 is 13.9 Å². The molecule has 0 saturated carbocycles. The number of hydrogen-bond acceptors (Lipinski definition) is 4. The van der Waals surface area contributed by atoms with Crippen LogP contribution >= 0.6 is 15.9 Å². The Balaban J connectivity index is 1.79. The van der Waals surface area contributed by atoms with Crippen LogP contribution in [0, 0.1) is 13.8 Å². The van der Waals surface area contributed by atoms with E-state index < -0.39 is 0 Å². The maximum atomic E-state index is 11.6. The number of amides is 1. The van der Waals surface area contributed by atoms with Gasteiger partial charge in [-0.3, -0.25) is 4.79 Å². The summed E-state index contributed by atoms with van der Waals surface area (Å²) >= 11 is 3.33. The first kappa shape index (κ1) is 15.3. The number of benzene rings is 1. The van der Waals surface area contributed by atoms with Crippen LogP contribution in [-0.2, 0) is 4.79 Å². The molecule has 5 nitrogen and oxygen atoms in total. The summed E-state index contributed by atoms with van der Waals surface area (Å²) < 4.78 is 11.6. The highest BCUT2D eigenvalue weighted by atomic mass is 79.9. The topological polar surface area (TPSA) is 63.8 Å². The molecule has 1 heterocycles. The number of nitrogens with one attached hydrogen (secondary N) is 1. The summed E-state index contributed by atoms with van der Waals surface area (Å²) in [5.41, 5.74) is 3.24. The van der Waals surface area contributed by atoms with Crippen LogP contribution in [0.25, 0.3) is 0 Å². The van der Waals surface area contributed by atoms with Crippen LogP contribution in [0.3, 0.4) is 0 Å². The minimum Gasteiger partial charge on any atom is -0.484 e. The second kappa shape index (κ2) is 7.08. The molecule has 1 amide bonds. The first-order valence-corrected chi connectivity index (χ1v) is 7.11. The van der Waals surface area contributed by atoms with Crippen molar-refractivity contribution in [1.82, 2.24) is 5.43 Å². The molecule has 1 aromatic heterocycles. The van der Waals surface area contributed by atoms with Crippen LogP contribution in [0.1, 0.15) is 17.1 Å². The van der Waals surface area contributed by atoms with Gasteiger partial charge in [-0.1, -0.05) is 15.9 Å². The Kier molecular flexibility index (Phi) is 5.16. The minimum absolute atomic E-state index is 0.0949. The lowest BCUT2D eigenvalue weighted by Crippen LogP contribution is -2.24. The number of rotatable bonds is 5. The lowest BCUT2D eigenvalue weighted by molar-refractivity contribution is -0.123.